The molecule has 226 valence electrons. The third-order valence-corrected chi connectivity index (χ3v) is 9.16. The second-order valence-corrected chi connectivity index (χ2v) is 11.2. The van der Waals surface area contributed by atoms with Crippen molar-refractivity contribution in [2.45, 2.75) is 154 Å². The van der Waals surface area contributed by atoms with Crippen molar-refractivity contribution in [3.05, 3.63) is 24.3 Å². The van der Waals surface area contributed by atoms with Crippen molar-refractivity contribution in [3.63, 3.8) is 0 Å². The van der Waals surface area contributed by atoms with E-state index in [2.05, 4.69) is 77.8 Å². The number of nitrogens with zero attached hydrogens (tertiary/aromatic N) is 1. The minimum atomic E-state index is 0.628. The molecule has 5 unspecified atom stereocenters. The van der Waals surface area contributed by atoms with Gasteiger partial charge in [-0.1, -0.05) is 120 Å². The third-order valence-electron chi connectivity index (χ3n) is 9.16. The van der Waals surface area contributed by atoms with Gasteiger partial charge >= 0.3 is 0 Å². The molecule has 38 heavy (non-hydrogen) atoms. The van der Waals surface area contributed by atoms with Crippen LogP contribution >= 0.6 is 0 Å². The first kappa shape index (κ1) is 41.3. The molecule has 0 N–H and O–H groups in total. The van der Waals surface area contributed by atoms with Crippen molar-refractivity contribution in [3.8, 4) is 0 Å². The molecule has 0 heterocycles. The number of unbranched alkanes of at least 4 members (excludes halogenated alkanes) is 2. The van der Waals surface area contributed by atoms with Gasteiger partial charge in [-0.15, -0.1) is 0 Å². The topological polar surface area (TPSA) is 29.4 Å². The van der Waals surface area contributed by atoms with Gasteiger partial charge in [0.15, 0.2) is 0 Å². The van der Waals surface area contributed by atoms with E-state index in [0.717, 1.165) is 30.5 Å². The zero-order valence-electron chi connectivity index (χ0n) is 28.6. The lowest BCUT2D eigenvalue weighted by Crippen LogP contribution is -2.38. The molecular formula is C36H71NO. The maximum absolute atomic E-state index is 8.81. The molecule has 2 nitrogen and oxygen atoms in total. The molecule has 0 aromatic heterocycles. The molecule has 0 aromatic carbocycles. The number of carbonyl (C=O) groups excluding carboxylic acids is 1. The second kappa shape index (κ2) is 24.8. The van der Waals surface area contributed by atoms with Crippen molar-refractivity contribution in [2.75, 3.05) is 7.05 Å². The summed E-state index contributed by atoms with van der Waals surface area (Å²) in [6.45, 7) is 28.3. The van der Waals surface area contributed by atoms with Crippen LogP contribution in [0.1, 0.15) is 154 Å². The fraction of sp³-hybridized carbons (Fsp3) is 0.833. The molecule has 2 aliphatic carbocycles. The number of fused-ring (bicyclic) bond motifs is 1. The quantitative estimate of drug-likeness (QED) is 0.112. The van der Waals surface area contributed by atoms with E-state index < -0.39 is 0 Å². The van der Waals surface area contributed by atoms with Gasteiger partial charge in [-0.3, -0.25) is 4.99 Å². The minimum Gasteiger partial charge on any atom is -0.304 e. The fourth-order valence-electron chi connectivity index (χ4n) is 6.18. The van der Waals surface area contributed by atoms with Crippen LogP contribution in [0.25, 0.3) is 0 Å². The highest BCUT2D eigenvalue weighted by molar-refractivity contribution is 5.86. The van der Waals surface area contributed by atoms with E-state index in [1.807, 2.05) is 41.7 Å². The lowest BCUT2D eigenvalue weighted by Gasteiger charge is -2.46. The number of carbonyl (C=O) groups is 1. The van der Waals surface area contributed by atoms with E-state index >= 15 is 0 Å². The van der Waals surface area contributed by atoms with Crippen molar-refractivity contribution < 1.29 is 4.79 Å². The Balaban J connectivity index is -0.000000525. The summed E-state index contributed by atoms with van der Waals surface area (Å²) in [6, 6.07) is 0. The molecule has 0 bridgehead atoms. The lowest BCUT2D eigenvalue weighted by molar-refractivity contribution is -0.106. The number of allylic oxidation sites excluding steroid dienone is 4. The van der Waals surface area contributed by atoms with Gasteiger partial charge in [0.1, 0.15) is 6.29 Å². The van der Waals surface area contributed by atoms with Crippen LogP contribution in [0.2, 0.25) is 0 Å². The predicted octanol–water partition coefficient (Wildman–Crippen LogP) is 11.9. The molecular weight excluding hydrogens is 462 g/mol. The maximum atomic E-state index is 8.81. The molecule has 2 saturated carbocycles. The molecule has 0 aliphatic heterocycles. The Morgan fingerprint density at radius 2 is 1.58 bits per heavy atom. The van der Waals surface area contributed by atoms with Gasteiger partial charge in [0.25, 0.3) is 0 Å². The molecule has 2 aliphatic rings. The van der Waals surface area contributed by atoms with Crippen LogP contribution in [-0.4, -0.2) is 19.0 Å². The van der Waals surface area contributed by atoms with Crippen LogP contribution in [0.15, 0.2) is 29.3 Å². The first-order valence-electron chi connectivity index (χ1n) is 16.3. The van der Waals surface area contributed by atoms with Crippen LogP contribution in [0, 0.1) is 34.5 Å². The van der Waals surface area contributed by atoms with Crippen LogP contribution in [0.3, 0.4) is 0 Å². The molecule has 2 heteroatoms. The van der Waals surface area contributed by atoms with Crippen molar-refractivity contribution in [1.29, 1.82) is 0 Å². The van der Waals surface area contributed by atoms with Crippen molar-refractivity contribution in [2.24, 2.45) is 39.5 Å². The SMILES string of the molecule is C/C=C\C=C/CC(CC)C(CCCCC)=NC.CC.CC.CC=O.CCC1CCC(C)(C(C)C)C2(C)CC12. The van der Waals surface area contributed by atoms with Gasteiger partial charge in [0, 0.05) is 12.8 Å². The normalized spacial score (nSPS) is 26.4. The molecule has 0 spiro atoms. The van der Waals surface area contributed by atoms with E-state index in [1.165, 1.54) is 70.4 Å². The van der Waals surface area contributed by atoms with Gasteiger partial charge in [-0.05, 0) is 93.3 Å². The first-order chi connectivity index (χ1) is 18.2. The molecule has 2 rings (SSSR count). The highest BCUT2D eigenvalue weighted by atomic mass is 16.1. The summed E-state index contributed by atoms with van der Waals surface area (Å²) >= 11 is 0. The molecule has 0 saturated heterocycles. The Morgan fingerprint density at radius 3 is 2.00 bits per heavy atom. The summed E-state index contributed by atoms with van der Waals surface area (Å²) in [5.74, 6) is 3.61. The maximum Gasteiger partial charge on any atom is 0.116 e. The molecule has 0 radical (unpaired) electrons. The van der Waals surface area contributed by atoms with Gasteiger partial charge in [0.05, 0.1) is 0 Å². The zero-order valence-corrected chi connectivity index (χ0v) is 28.6. The average Bonchev–Trinajstić information content (AvgIpc) is 3.64. The minimum absolute atomic E-state index is 0.628. The monoisotopic (exact) mass is 534 g/mol. The first-order valence-corrected chi connectivity index (χ1v) is 16.3. The standard InChI is InChI=1S/C16H29N.C14H26.C2H4O.2C2H6/c1-5-8-10-12-13-15(7-3)16(17-4)14-11-9-6-2;1-6-11-7-8-13(4,10(2)3)14(5)9-12(11)14;1-2-3;2*1-2/h5,8,10,12,15H,6-7,9,11,13-14H2,1-4H3;10-12H,6-9H2,1-5H3;2H,1H3;2*1-2H3/b8-5-,12-10-,17-16?;;;;. The highest BCUT2D eigenvalue weighted by Crippen LogP contribution is 2.73. The summed E-state index contributed by atoms with van der Waals surface area (Å²) in [5, 5.41) is 0. The van der Waals surface area contributed by atoms with Crippen LogP contribution in [0.5, 0.6) is 0 Å². The Hall–Kier alpha value is -1.18. The van der Waals surface area contributed by atoms with Crippen LogP contribution in [0.4, 0.5) is 0 Å². The van der Waals surface area contributed by atoms with Gasteiger partial charge in [-0.25, -0.2) is 0 Å². The van der Waals surface area contributed by atoms with E-state index in [9.17, 15) is 0 Å². The Kier molecular flexibility index (Phi) is 27.0. The highest BCUT2D eigenvalue weighted by Gasteiger charge is 2.65. The summed E-state index contributed by atoms with van der Waals surface area (Å²) in [6.07, 6.45) is 22.6. The van der Waals surface area contributed by atoms with Gasteiger partial charge < -0.3 is 4.79 Å². The van der Waals surface area contributed by atoms with Crippen molar-refractivity contribution in [1.82, 2.24) is 0 Å². The number of rotatable bonds is 11. The largest absolute Gasteiger partial charge is 0.304 e. The number of hydrogen-bond acceptors (Lipinski definition) is 2. The number of aliphatic imine (C=N–C) groups is 1. The van der Waals surface area contributed by atoms with Crippen LogP contribution in [-0.2, 0) is 4.79 Å². The zero-order chi connectivity index (χ0) is 30.2. The Bertz CT molecular complexity index is 631. The number of hydrogen-bond donors (Lipinski definition) is 0. The Labute approximate surface area is 241 Å². The van der Waals surface area contributed by atoms with E-state index in [4.69, 9.17) is 4.79 Å². The summed E-state index contributed by atoms with van der Waals surface area (Å²) in [4.78, 5) is 13.3. The predicted molar refractivity (Wildman–Crippen MR) is 176 cm³/mol. The van der Waals surface area contributed by atoms with E-state index in [1.54, 1.807) is 0 Å². The second-order valence-electron chi connectivity index (χ2n) is 11.2. The van der Waals surface area contributed by atoms with Crippen molar-refractivity contribution >= 4 is 12.0 Å². The smallest absolute Gasteiger partial charge is 0.116 e. The summed E-state index contributed by atoms with van der Waals surface area (Å²) in [5.41, 5.74) is 2.73. The third kappa shape index (κ3) is 13.7. The molecule has 0 aromatic rings. The van der Waals surface area contributed by atoms with E-state index in [-0.39, 0.29) is 0 Å². The lowest BCUT2D eigenvalue weighted by atomic mass is 9.59. The fourth-order valence-corrected chi connectivity index (χ4v) is 6.18. The number of aldehydes is 1. The molecule has 2 fully saturated rings. The average molecular weight is 534 g/mol. The van der Waals surface area contributed by atoms with Crippen LogP contribution < -0.4 is 0 Å². The van der Waals surface area contributed by atoms with Gasteiger partial charge in [0.2, 0.25) is 0 Å². The summed E-state index contributed by atoms with van der Waals surface area (Å²) < 4.78 is 0. The summed E-state index contributed by atoms with van der Waals surface area (Å²) in [7, 11) is 1.94. The molecule has 5 atom stereocenters. The Morgan fingerprint density at radius 1 is 1.00 bits per heavy atom. The van der Waals surface area contributed by atoms with E-state index in [0.29, 0.717) is 16.7 Å². The van der Waals surface area contributed by atoms with Gasteiger partial charge in [-0.2, -0.15) is 0 Å². The molecule has 0 amide bonds.